The molecule has 0 aliphatic rings. The molecule has 0 radical (unpaired) electrons. The first kappa shape index (κ1) is 9.75. The molecule has 0 aromatic rings. The molecule has 60 valence electrons. The summed E-state index contributed by atoms with van der Waals surface area (Å²) in [7, 11) is 0. The van der Waals surface area contributed by atoms with Crippen LogP contribution in [-0.2, 0) is 13.8 Å². The fraction of sp³-hybridized carbons (Fsp3) is 0.667. The van der Waals surface area contributed by atoms with Crippen LogP contribution in [-0.4, -0.2) is 26.4 Å². The Hall–Kier alpha value is -0.250. The van der Waals surface area contributed by atoms with Gasteiger partial charge < -0.3 is 9.47 Å². The largest absolute Gasteiger partial charge is 0.499 e. The monoisotopic (exact) mass is 166 g/mol. The van der Waals surface area contributed by atoms with Gasteiger partial charge in [-0.2, -0.15) is 0 Å². The molecule has 4 heteroatoms. The molecule has 3 nitrogen and oxygen atoms in total. The summed E-state index contributed by atoms with van der Waals surface area (Å²) in [5.41, 5.74) is 0. The predicted octanol–water partition coefficient (Wildman–Crippen LogP) is 1.33. The van der Waals surface area contributed by atoms with E-state index in [0.29, 0.717) is 26.4 Å². The van der Waals surface area contributed by atoms with Gasteiger partial charge in [-0.05, 0) is 0 Å². The van der Waals surface area contributed by atoms with Gasteiger partial charge in [0.2, 0.25) is 0 Å². The van der Waals surface area contributed by atoms with Gasteiger partial charge >= 0.3 is 0 Å². The second kappa shape index (κ2) is 8.75. The Kier molecular flexibility index (Phi) is 8.53. The lowest BCUT2D eigenvalue weighted by molar-refractivity contribution is 0.0673. The molecule has 0 N–H and O–H groups in total. The number of rotatable bonds is 7. The standard InChI is InChI=1S/C6H11ClO3/c1-2-8-3-4-9-5-6-10-7/h2H,1,3-6H2. The molecular formula is C6H11ClO3. The Bertz CT molecular complexity index is 77.4. The van der Waals surface area contributed by atoms with E-state index in [4.69, 9.17) is 21.3 Å². The number of ether oxygens (including phenoxy) is 2. The minimum atomic E-state index is 0.398. The molecule has 0 aliphatic carbocycles. The lowest BCUT2D eigenvalue weighted by Gasteiger charge is -2.01. The van der Waals surface area contributed by atoms with Crippen LogP contribution in [0, 0.1) is 0 Å². The lowest BCUT2D eigenvalue weighted by Crippen LogP contribution is -2.05. The summed E-state index contributed by atoms with van der Waals surface area (Å²) in [4.78, 5) is 0. The van der Waals surface area contributed by atoms with Crippen LogP contribution < -0.4 is 0 Å². The number of hydrogen-bond donors (Lipinski definition) is 0. The van der Waals surface area contributed by atoms with Crippen LogP contribution in [0.3, 0.4) is 0 Å². The molecule has 0 bridgehead atoms. The van der Waals surface area contributed by atoms with Gasteiger partial charge in [-0.1, -0.05) is 6.58 Å². The van der Waals surface area contributed by atoms with Gasteiger partial charge in [-0.25, -0.2) is 0 Å². The minimum Gasteiger partial charge on any atom is -0.499 e. The maximum Gasteiger partial charge on any atom is 0.111 e. The van der Waals surface area contributed by atoms with Gasteiger partial charge in [0.05, 0.1) is 37.9 Å². The summed E-state index contributed by atoms with van der Waals surface area (Å²) in [5.74, 6) is 0. The molecule has 0 fully saturated rings. The molecule has 0 saturated carbocycles. The summed E-state index contributed by atoms with van der Waals surface area (Å²) in [5, 5.41) is 0. The van der Waals surface area contributed by atoms with E-state index in [1.165, 1.54) is 6.26 Å². The molecule has 0 rings (SSSR count). The van der Waals surface area contributed by atoms with Crippen molar-refractivity contribution in [2.24, 2.45) is 0 Å². The first-order chi connectivity index (χ1) is 4.91. The Morgan fingerprint density at radius 1 is 1.20 bits per heavy atom. The van der Waals surface area contributed by atoms with Crippen molar-refractivity contribution in [3.63, 3.8) is 0 Å². The Balaban J connectivity index is 2.70. The van der Waals surface area contributed by atoms with Crippen molar-refractivity contribution in [2.45, 2.75) is 0 Å². The van der Waals surface area contributed by atoms with E-state index < -0.39 is 0 Å². The van der Waals surface area contributed by atoms with Gasteiger partial charge in [0.15, 0.2) is 0 Å². The fourth-order valence-electron chi connectivity index (χ4n) is 0.383. The van der Waals surface area contributed by atoms with Crippen LogP contribution in [0.15, 0.2) is 12.8 Å². The van der Waals surface area contributed by atoms with E-state index in [9.17, 15) is 0 Å². The van der Waals surface area contributed by atoms with Crippen molar-refractivity contribution in [3.8, 4) is 0 Å². The molecule has 0 amide bonds. The molecular weight excluding hydrogens is 156 g/mol. The lowest BCUT2D eigenvalue weighted by atomic mass is 10.7. The first-order valence-corrected chi connectivity index (χ1v) is 3.26. The van der Waals surface area contributed by atoms with Crippen molar-refractivity contribution in [2.75, 3.05) is 26.4 Å². The maximum absolute atomic E-state index is 4.99. The zero-order valence-electron chi connectivity index (χ0n) is 5.72. The van der Waals surface area contributed by atoms with Crippen LogP contribution in [0.4, 0.5) is 0 Å². The van der Waals surface area contributed by atoms with E-state index in [-0.39, 0.29) is 0 Å². The molecule has 0 aromatic carbocycles. The molecule has 0 spiro atoms. The SMILES string of the molecule is C=COCCOCCOCl. The van der Waals surface area contributed by atoms with Crippen LogP contribution >= 0.6 is 11.9 Å². The van der Waals surface area contributed by atoms with Gasteiger partial charge in [-0.15, -0.1) is 0 Å². The normalized spacial score (nSPS) is 9.30. The number of hydrogen-bond acceptors (Lipinski definition) is 3. The Morgan fingerprint density at radius 2 is 1.90 bits per heavy atom. The highest BCUT2D eigenvalue weighted by Crippen LogP contribution is 1.82. The van der Waals surface area contributed by atoms with Crippen LogP contribution in [0.25, 0.3) is 0 Å². The van der Waals surface area contributed by atoms with Gasteiger partial charge in [0.1, 0.15) is 6.61 Å². The Morgan fingerprint density at radius 3 is 2.50 bits per heavy atom. The van der Waals surface area contributed by atoms with E-state index in [0.717, 1.165) is 0 Å². The molecule has 0 unspecified atom stereocenters. The zero-order valence-corrected chi connectivity index (χ0v) is 6.47. The quantitative estimate of drug-likeness (QED) is 0.422. The summed E-state index contributed by atoms with van der Waals surface area (Å²) in [6.45, 7) is 5.31. The fourth-order valence-corrected chi connectivity index (χ4v) is 0.446. The van der Waals surface area contributed by atoms with E-state index in [1.54, 1.807) is 0 Å². The van der Waals surface area contributed by atoms with Gasteiger partial charge in [0.25, 0.3) is 0 Å². The maximum atomic E-state index is 4.99. The molecule has 0 aliphatic heterocycles. The summed E-state index contributed by atoms with van der Waals surface area (Å²) >= 11 is 4.91. The molecule has 0 saturated heterocycles. The molecule has 0 atom stereocenters. The average Bonchev–Trinajstić information content (AvgIpc) is 1.97. The zero-order chi connectivity index (χ0) is 7.66. The average molecular weight is 167 g/mol. The van der Waals surface area contributed by atoms with Crippen molar-refractivity contribution < 1.29 is 13.8 Å². The van der Waals surface area contributed by atoms with E-state index >= 15 is 0 Å². The van der Waals surface area contributed by atoms with E-state index in [2.05, 4.69) is 10.9 Å². The minimum absolute atomic E-state index is 0.398. The van der Waals surface area contributed by atoms with Crippen molar-refractivity contribution in [1.82, 2.24) is 0 Å². The molecule has 0 heterocycles. The third-order valence-corrected chi connectivity index (χ3v) is 0.922. The topological polar surface area (TPSA) is 27.7 Å². The highest BCUT2D eigenvalue weighted by Gasteiger charge is 1.86. The van der Waals surface area contributed by atoms with Crippen molar-refractivity contribution in [3.05, 3.63) is 12.8 Å². The van der Waals surface area contributed by atoms with Gasteiger partial charge in [-0.3, -0.25) is 4.29 Å². The molecule has 10 heavy (non-hydrogen) atoms. The summed E-state index contributed by atoms with van der Waals surface area (Å²) in [6.07, 6.45) is 1.38. The number of halogens is 1. The predicted molar refractivity (Wildman–Crippen MR) is 38.8 cm³/mol. The summed E-state index contributed by atoms with van der Waals surface area (Å²) < 4.78 is 14.0. The first-order valence-electron chi connectivity index (χ1n) is 2.95. The van der Waals surface area contributed by atoms with Crippen molar-refractivity contribution >= 4 is 11.9 Å². The highest BCUT2D eigenvalue weighted by atomic mass is 35.5. The van der Waals surface area contributed by atoms with Gasteiger partial charge in [0, 0.05) is 0 Å². The Labute approximate surface area is 65.7 Å². The second-order valence-electron chi connectivity index (χ2n) is 1.46. The van der Waals surface area contributed by atoms with E-state index in [1.807, 2.05) is 0 Å². The third-order valence-electron chi connectivity index (χ3n) is 0.768. The van der Waals surface area contributed by atoms with Crippen LogP contribution in [0.2, 0.25) is 0 Å². The van der Waals surface area contributed by atoms with Crippen LogP contribution in [0.5, 0.6) is 0 Å². The second-order valence-corrected chi connectivity index (χ2v) is 1.68. The molecule has 0 aromatic heterocycles. The smallest absolute Gasteiger partial charge is 0.111 e. The summed E-state index contributed by atoms with van der Waals surface area (Å²) in [6, 6.07) is 0. The highest BCUT2D eigenvalue weighted by molar-refractivity contribution is 6.07. The third kappa shape index (κ3) is 7.75. The van der Waals surface area contributed by atoms with Crippen molar-refractivity contribution in [1.29, 1.82) is 0 Å². The van der Waals surface area contributed by atoms with Crippen LogP contribution in [0.1, 0.15) is 0 Å².